The molecule has 2 aromatic carbocycles. The Labute approximate surface area is 226 Å². The largest absolute Gasteiger partial charge is 0.331 e. The first-order chi connectivity index (χ1) is 17.9. The van der Waals surface area contributed by atoms with E-state index in [1.165, 1.54) is 30.6 Å². The fourth-order valence-electron chi connectivity index (χ4n) is 6.24. The minimum atomic E-state index is -0.655. The number of amides is 3. The van der Waals surface area contributed by atoms with E-state index in [0.29, 0.717) is 17.1 Å². The molecule has 0 N–H and O–H groups in total. The second-order valence-electron chi connectivity index (χ2n) is 10.8. The number of para-hydroxylation sites is 1. The molecule has 3 amide bonds. The van der Waals surface area contributed by atoms with E-state index >= 15 is 0 Å². The third-order valence-corrected chi connectivity index (χ3v) is 8.27. The number of carbonyl (C=O) groups is 3. The minimum Gasteiger partial charge on any atom is -0.331 e. The fourth-order valence-corrected chi connectivity index (χ4v) is 6.49. The van der Waals surface area contributed by atoms with Crippen molar-refractivity contribution < 1.29 is 14.4 Å². The van der Waals surface area contributed by atoms with Gasteiger partial charge in [0.25, 0.3) is 0 Å². The molecular formula is C31H39ClN2O3. The summed E-state index contributed by atoms with van der Waals surface area (Å²) in [7, 11) is 0. The molecule has 4 unspecified atom stereocenters. The van der Waals surface area contributed by atoms with E-state index in [4.69, 9.17) is 11.6 Å². The molecule has 4 rings (SSSR count). The molecule has 6 heteroatoms. The highest BCUT2D eigenvalue weighted by Gasteiger charge is 2.64. The first-order valence-electron chi connectivity index (χ1n) is 13.9. The number of benzene rings is 2. The number of imide groups is 1. The van der Waals surface area contributed by atoms with Crippen molar-refractivity contribution >= 4 is 35.0 Å². The summed E-state index contributed by atoms with van der Waals surface area (Å²) in [6.07, 6.45) is 8.29. The highest BCUT2D eigenvalue weighted by atomic mass is 35.5. The van der Waals surface area contributed by atoms with E-state index in [0.717, 1.165) is 24.8 Å². The van der Waals surface area contributed by atoms with Crippen molar-refractivity contribution in [3.8, 4) is 0 Å². The van der Waals surface area contributed by atoms with E-state index in [1.807, 2.05) is 55.1 Å². The van der Waals surface area contributed by atoms with Gasteiger partial charge in [-0.2, -0.15) is 0 Å². The van der Waals surface area contributed by atoms with Crippen molar-refractivity contribution in [3.05, 3.63) is 65.2 Å². The van der Waals surface area contributed by atoms with Crippen LogP contribution in [0.4, 0.5) is 5.69 Å². The van der Waals surface area contributed by atoms with Crippen molar-refractivity contribution in [2.75, 3.05) is 4.90 Å². The number of fused-ring (bicyclic) bond motifs is 1. The van der Waals surface area contributed by atoms with Gasteiger partial charge in [0.15, 0.2) is 0 Å². The summed E-state index contributed by atoms with van der Waals surface area (Å²) in [4.78, 5) is 44.8. The van der Waals surface area contributed by atoms with Crippen molar-refractivity contribution in [3.63, 3.8) is 0 Å². The Hall–Kier alpha value is -2.66. The molecule has 0 saturated carbocycles. The van der Waals surface area contributed by atoms with Gasteiger partial charge in [0.1, 0.15) is 0 Å². The molecule has 0 spiro atoms. The Morgan fingerprint density at radius 1 is 0.838 bits per heavy atom. The van der Waals surface area contributed by atoms with Crippen LogP contribution in [0, 0.1) is 17.8 Å². The van der Waals surface area contributed by atoms with Gasteiger partial charge < -0.3 is 4.90 Å². The number of hydrogen-bond acceptors (Lipinski definition) is 3. The van der Waals surface area contributed by atoms with Gasteiger partial charge in [0, 0.05) is 17.5 Å². The Kier molecular flexibility index (Phi) is 9.07. The first kappa shape index (κ1) is 27.4. The molecule has 5 nitrogen and oxygen atoms in total. The number of halogens is 1. The highest BCUT2D eigenvalue weighted by Crippen LogP contribution is 2.53. The number of unbranched alkanes of at least 4 members (excludes halogenated alkanes) is 6. The third kappa shape index (κ3) is 5.47. The monoisotopic (exact) mass is 522 g/mol. The van der Waals surface area contributed by atoms with Crippen molar-refractivity contribution in [2.45, 2.75) is 84.2 Å². The number of anilines is 1. The number of nitrogens with zero attached hydrogens (tertiary/aromatic N) is 2. The second kappa shape index (κ2) is 12.3. The molecule has 0 aromatic heterocycles. The number of likely N-dealkylation sites (tertiary alicyclic amines) is 1. The zero-order chi connectivity index (χ0) is 26.5. The number of rotatable bonds is 11. The average Bonchev–Trinajstić information content (AvgIpc) is 3.37. The lowest BCUT2D eigenvalue weighted by atomic mass is 9.83. The summed E-state index contributed by atoms with van der Waals surface area (Å²) in [5.74, 6) is -1.69. The van der Waals surface area contributed by atoms with Crippen LogP contribution in [0.25, 0.3) is 0 Å². The maximum Gasteiger partial charge on any atom is 0.240 e. The van der Waals surface area contributed by atoms with E-state index in [9.17, 15) is 14.4 Å². The van der Waals surface area contributed by atoms with Crippen molar-refractivity contribution in [1.82, 2.24) is 4.90 Å². The lowest BCUT2D eigenvalue weighted by Crippen LogP contribution is -2.47. The van der Waals surface area contributed by atoms with Gasteiger partial charge in [-0.1, -0.05) is 107 Å². The predicted octanol–water partition coefficient (Wildman–Crippen LogP) is 7.19. The van der Waals surface area contributed by atoms with Crippen LogP contribution < -0.4 is 4.90 Å². The summed E-state index contributed by atoms with van der Waals surface area (Å²) < 4.78 is 0. The van der Waals surface area contributed by atoms with E-state index in [-0.39, 0.29) is 29.7 Å². The molecule has 2 fully saturated rings. The summed E-state index contributed by atoms with van der Waals surface area (Å²) in [6, 6.07) is 15.6. The molecule has 0 aliphatic carbocycles. The zero-order valence-electron chi connectivity index (χ0n) is 22.2. The molecule has 0 radical (unpaired) electrons. The summed E-state index contributed by atoms with van der Waals surface area (Å²) >= 11 is 6.67. The quantitative estimate of drug-likeness (QED) is 0.232. The van der Waals surface area contributed by atoms with Crippen LogP contribution in [0.2, 0.25) is 5.02 Å². The van der Waals surface area contributed by atoms with Crippen LogP contribution in [0.15, 0.2) is 54.6 Å². The van der Waals surface area contributed by atoms with E-state index < -0.39 is 17.9 Å². The third-order valence-electron chi connectivity index (χ3n) is 7.93. The standard InChI is InChI=1S/C31H39ClN2O3/c1-4-5-6-7-8-9-13-20-25(35)34-28(21(2)3)26-27(29(34)23-18-14-15-19-24(23)32)31(37)33(30(26)36)22-16-11-10-12-17-22/h10-12,14-19,21,26-29H,4-9,13,20H2,1-3H3. The molecule has 2 heterocycles. The fraction of sp³-hybridized carbons (Fsp3) is 0.516. The Morgan fingerprint density at radius 3 is 2.08 bits per heavy atom. The minimum absolute atomic E-state index is 0.00505. The van der Waals surface area contributed by atoms with Gasteiger partial charge in [-0.3, -0.25) is 14.4 Å². The van der Waals surface area contributed by atoms with Crippen LogP contribution in [-0.4, -0.2) is 28.7 Å². The van der Waals surface area contributed by atoms with Gasteiger partial charge in [-0.05, 0) is 36.1 Å². The summed E-state index contributed by atoms with van der Waals surface area (Å²) in [5, 5.41) is 0.516. The smallest absolute Gasteiger partial charge is 0.240 e. The Bertz CT molecular complexity index is 1100. The SMILES string of the molecule is CCCCCCCCCC(=O)N1C(c2ccccc2Cl)C2C(=O)N(c3ccccc3)C(=O)C2C1C(C)C. The van der Waals surface area contributed by atoms with Crippen LogP contribution in [0.3, 0.4) is 0 Å². The number of hydrogen-bond donors (Lipinski definition) is 0. The van der Waals surface area contributed by atoms with Crippen LogP contribution in [0.5, 0.6) is 0 Å². The molecule has 2 saturated heterocycles. The zero-order valence-corrected chi connectivity index (χ0v) is 23.0. The maximum atomic E-state index is 13.9. The van der Waals surface area contributed by atoms with Gasteiger partial charge in [0.05, 0.1) is 23.6 Å². The molecule has 2 aliphatic rings. The molecule has 4 atom stereocenters. The lowest BCUT2D eigenvalue weighted by molar-refractivity contribution is -0.137. The second-order valence-corrected chi connectivity index (χ2v) is 11.2. The summed E-state index contributed by atoms with van der Waals surface area (Å²) in [6.45, 7) is 6.28. The Balaban J connectivity index is 1.65. The topological polar surface area (TPSA) is 57.7 Å². The van der Waals surface area contributed by atoms with Crippen LogP contribution in [0.1, 0.15) is 83.7 Å². The summed E-state index contributed by atoms with van der Waals surface area (Å²) in [5.41, 5.74) is 1.32. The lowest BCUT2D eigenvalue weighted by Gasteiger charge is -2.36. The van der Waals surface area contributed by atoms with Gasteiger partial charge in [0.2, 0.25) is 17.7 Å². The normalized spacial score (nSPS) is 23.3. The average molecular weight is 523 g/mol. The van der Waals surface area contributed by atoms with Gasteiger partial charge >= 0.3 is 0 Å². The molecule has 2 aromatic rings. The van der Waals surface area contributed by atoms with Gasteiger partial charge in [-0.15, -0.1) is 0 Å². The van der Waals surface area contributed by atoms with E-state index in [1.54, 1.807) is 18.2 Å². The Morgan fingerprint density at radius 2 is 1.43 bits per heavy atom. The van der Waals surface area contributed by atoms with Crippen LogP contribution in [-0.2, 0) is 14.4 Å². The number of carbonyl (C=O) groups excluding carboxylic acids is 3. The molecule has 2 aliphatic heterocycles. The maximum absolute atomic E-state index is 13.9. The van der Waals surface area contributed by atoms with Crippen LogP contribution >= 0.6 is 11.6 Å². The molecular weight excluding hydrogens is 484 g/mol. The van der Waals surface area contributed by atoms with E-state index in [2.05, 4.69) is 6.92 Å². The van der Waals surface area contributed by atoms with Crippen molar-refractivity contribution in [2.24, 2.45) is 17.8 Å². The predicted molar refractivity (Wildman–Crippen MR) is 148 cm³/mol. The molecule has 0 bridgehead atoms. The molecule has 198 valence electrons. The first-order valence-corrected chi connectivity index (χ1v) is 14.2. The highest BCUT2D eigenvalue weighted by molar-refractivity contribution is 6.31. The van der Waals surface area contributed by atoms with Gasteiger partial charge in [-0.25, -0.2) is 4.90 Å². The molecule has 37 heavy (non-hydrogen) atoms. The van der Waals surface area contributed by atoms with Crippen molar-refractivity contribution in [1.29, 1.82) is 0 Å².